The van der Waals surface area contributed by atoms with Gasteiger partial charge in [0.2, 0.25) is 0 Å². The number of rotatable bonds is 4. The van der Waals surface area contributed by atoms with E-state index in [9.17, 15) is 9.59 Å². The number of esters is 1. The summed E-state index contributed by atoms with van der Waals surface area (Å²) in [4.78, 5) is 24.1. The van der Waals surface area contributed by atoms with E-state index in [-0.39, 0.29) is 11.3 Å². The molecule has 0 fully saturated rings. The Bertz CT molecular complexity index is 615. The molecule has 0 saturated carbocycles. The predicted octanol–water partition coefficient (Wildman–Crippen LogP) is 3.22. The van der Waals surface area contributed by atoms with E-state index >= 15 is 0 Å². The van der Waals surface area contributed by atoms with Gasteiger partial charge in [-0.1, -0.05) is 55.1 Å². The summed E-state index contributed by atoms with van der Waals surface area (Å²) < 4.78 is 4.73. The van der Waals surface area contributed by atoms with Crippen molar-refractivity contribution in [3.8, 4) is 0 Å². The van der Waals surface area contributed by atoms with Gasteiger partial charge in [0, 0.05) is 11.1 Å². The topological polar surface area (TPSA) is 43.4 Å². The van der Waals surface area contributed by atoms with Gasteiger partial charge in [0.15, 0.2) is 5.78 Å². The van der Waals surface area contributed by atoms with Crippen LogP contribution < -0.4 is 0 Å². The molecule has 0 aliphatic heterocycles. The minimum atomic E-state index is -0.588. The van der Waals surface area contributed by atoms with E-state index in [2.05, 4.69) is 6.58 Å². The lowest BCUT2D eigenvalue weighted by Gasteiger charge is -2.06. The zero-order valence-corrected chi connectivity index (χ0v) is 10.2. The fourth-order valence-corrected chi connectivity index (χ4v) is 1.74. The van der Waals surface area contributed by atoms with Crippen LogP contribution in [0, 0.1) is 0 Å². The molecule has 0 aliphatic rings. The molecule has 0 unspecified atom stereocenters. The van der Waals surface area contributed by atoms with Crippen molar-refractivity contribution in [3.63, 3.8) is 0 Å². The van der Waals surface area contributed by atoms with E-state index in [1.165, 1.54) is 0 Å². The SMILES string of the molecule is C=COC(=O)c1ccccc1C(=O)c1ccccc1. The van der Waals surface area contributed by atoms with E-state index in [1.54, 1.807) is 48.5 Å². The van der Waals surface area contributed by atoms with Crippen molar-refractivity contribution in [3.05, 3.63) is 84.1 Å². The highest BCUT2D eigenvalue weighted by atomic mass is 16.5. The highest BCUT2D eigenvalue weighted by molar-refractivity contribution is 6.14. The molecule has 19 heavy (non-hydrogen) atoms. The second kappa shape index (κ2) is 5.78. The zero-order valence-electron chi connectivity index (χ0n) is 10.2. The third kappa shape index (κ3) is 2.77. The molecule has 94 valence electrons. The van der Waals surface area contributed by atoms with Crippen LogP contribution in [0.3, 0.4) is 0 Å². The van der Waals surface area contributed by atoms with E-state index < -0.39 is 5.97 Å². The second-order valence-corrected chi connectivity index (χ2v) is 3.81. The third-order valence-electron chi connectivity index (χ3n) is 2.62. The van der Waals surface area contributed by atoms with Crippen LogP contribution >= 0.6 is 0 Å². The van der Waals surface area contributed by atoms with Gasteiger partial charge in [-0.3, -0.25) is 4.79 Å². The van der Waals surface area contributed by atoms with Gasteiger partial charge in [-0.2, -0.15) is 0 Å². The Morgan fingerprint density at radius 2 is 1.47 bits per heavy atom. The number of hydrogen-bond acceptors (Lipinski definition) is 3. The first kappa shape index (κ1) is 12.8. The third-order valence-corrected chi connectivity index (χ3v) is 2.62. The minimum Gasteiger partial charge on any atom is -0.432 e. The quantitative estimate of drug-likeness (QED) is 0.476. The molecule has 0 saturated heterocycles. The molecule has 3 nitrogen and oxygen atoms in total. The number of hydrogen-bond donors (Lipinski definition) is 0. The van der Waals surface area contributed by atoms with Gasteiger partial charge in [-0.25, -0.2) is 4.79 Å². The van der Waals surface area contributed by atoms with Gasteiger partial charge in [0.1, 0.15) is 0 Å². The lowest BCUT2D eigenvalue weighted by molar-refractivity contribution is 0.0660. The van der Waals surface area contributed by atoms with E-state index in [0.717, 1.165) is 6.26 Å². The standard InChI is InChI=1S/C16H12O3/c1-2-19-16(18)14-11-7-6-10-13(14)15(17)12-8-4-3-5-9-12/h2-11H,1H2. The summed E-state index contributed by atoms with van der Waals surface area (Å²) in [7, 11) is 0. The second-order valence-electron chi connectivity index (χ2n) is 3.81. The molecule has 0 aliphatic carbocycles. The maximum Gasteiger partial charge on any atom is 0.343 e. The molecule has 2 aromatic carbocycles. The first-order chi connectivity index (χ1) is 9.24. The predicted molar refractivity (Wildman–Crippen MR) is 71.9 cm³/mol. The summed E-state index contributed by atoms with van der Waals surface area (Å²) in [6.45, 7) is 3.33. The summed E-state index contributed by atoms with van der Waals surface area (Å²) in [5.74, 6) is -0.799. The van der Waals surface area contributed by atoms with Crippen molar-refractivity contribution in [1.29, 1.82) is 0 Å². The molecule has 0 aromatic heterocycles. The number of carbonyl (C=O) groups is 2. The van der Waals surface area contributed by atoms with Crippen LogP contribution in [0.15, 0.2) is 67.4 Å². The molecule has 0 atom stereocenters. The van der Waals surface area contributed by atoms with Crippen molar-refractivity contribution in [2.75, 3.05) is 0 Å². The fraction of sp³-hybridized carbons (Fsp3) is 0. The van der Waals surface area contributed by atoms with Crippen molar-refractivity contribution in [2.24, 2.45) is 0 Å². The van der Waals surface area contributed by atoms with Gasteiger partial charge in [-0.15, -0.1) is 0 Å². The number of ketones is 1. The van der Waals surface area contributed by atoms with Crippen LogP contribution in [0.1, 0.15) is 26.3 Å². The van der Waals surface area contributed by atoms with Crippen molar-refractivity contribution in [1.82, 2.24) is 0 Å². The molecular formula is C16H12O3. The van der Waals surface area contributed by atoms with Crippen LogP contribution in [0.2, 0.25) is 0 Å². The van der Waals surface area contributed by atoms with Crippen molar-refractivity contribution in [2.45, 2.75) is 0 Å². The molecule has 0 spiro atoms. The average Bonchev–Trinajstić information content (AvgIpc) is 2.47. The maximum absolute atomic E-state index is 12.3. The Balaban J connectivity index is 2.43. The maximum atomic E-state index is 12.3. The van der Waals surface area contributed by atoms with E-state index in [4.69, 9.17) is 4.74 Å². The first-order valence-corrected chi connectivity index (χ1v) is 5.74. The Kier molecular flexibility index (Phi) is 3.88. The van der Waals surface area contributed by atoms with Crippen LogP contribution in [0.5, 0.6) is 0 Å². The lowest BCUT2D eigenvalue weighted by atomic mass is 9.98. The van der Waals surface area contributed by atoms with Crippen molar-refractivity contribution < 1.29 is 14.3 Å². The molecule has 2 rings (SSSR count). The zero-order chi connectivity index (χ0) is 13.7. The fourth-order valence-electron chi connectivity index (χ4n) is 1.74. The Hall–Kier alpha value is -2.68. The summed E-state index contributed by atoms with van der Waals surface area (Å²) in [5, 5.41) is 0. The smallest absolute Gasteiger partial charge is 0.343 e. The van der Waals surface area contributed by atoms with Gasteiger partial charge >= 0.3 is 5.97 Å². The largest absolute Gasteiger partial charge is 0.432 e. The summed E-state index contributed by atoms with van der Waals surface area (Å²) in [6.07, 6.45) is 1.05. The van der Waals surface area contributed by atoms with Crippen LogP contribution in [-0.4, -0.2) is 11.8 Å². The van der Waals surface area contributed by atoms with Gasteiger partial charge < -0.3 is 4.74 Å². The molecule has 0 bridgehead atoms. The highest BCUT2D eigenvalue weighted by Gasteiger charge is 2.18. The van der Waals surface area contributed by atoms with Crippen LogP contribution in [0.25, 0.3) is 0 Å². The molecule has 0 radical (unpaired) electrons. The highest BCUT2D eigenvalue weighted by Crippen LogP contribution is 2.15. The first-order valence-electron chi connectivity index (χ1n) is 5.74. The lowest BCUT2D eigenvalue weighted by Crippen LogP contribution is -2.10. The average molecular weight is 252 g/mol. The Morgan fingerprint density at radius 1 is 0.895 bits per heavy atom. The number of benzene rings is 2. The normalized spacial score (nSPS) is 9.68. The molecule has 0 heterocycles. The summed E-state index contributed by atoms with van der Waals surface area (Å²) in [5.41, 5.74) is 1.08. The minimum absolute atomic E-state index is 0.211. The molecule has 0 amide bonds. The van der Waals surface area contributed by atoms with Crippen LogP contribution in [-0.2, 0) is 4.74 Å². The van der Waals surface area contributed by atoms with Crippen LogP contribution in [0.4, 0.5) is 0 Å². The summed E-state index contributed by atoms with van der Waals surface area (Å²) in [6, 6.07) is 15.3. The number of carbonyl (C=O) groups excluding carboxylic acids is 2. The Labute approximate surface area is 111 Å². The van der Waals surface area contributed by atoms with Gasteiger partial charge in [0.05, 0.1) is 11.8 Å². The molecule has 3 heteroatoms. The Morgan fingerprint density at radius 3 is 2.11 bits per heavy atom. The molecule has 2 aromatic rings. The van der Waals surface area contributed by atoms with Gasteiger partial charge in [0.25, 0.3) is 0 Å². The van der Waals surface area contributed by atoms with Crippen molar-refractivity contribution >= 4 is 11.8 Å². The number of ether oxygens (including phenoxy) is 1. The van der Waals surface area contributed by atoms with Gasteiger partial charge in [-0.05, 0) is 6.07 Å². The van der Waals surface area contributed by atoms with E-state index in [0.29, 0.717) is 11.1 Å². The monoisotopic (exact) mass is 252 g/mol. The summed E-state index contributed by atoms with van der Waals surface area (Å²) >= 11 is 0. The molecule has 0 N–H and O–H groups in total. The molecular weight excluding hydrogens is 240 g/mol. The van der Waals surface area contributed by atoms with E-state index in [1.807, 2.05) is 6.07 Å².